The number of aromatic nitrogens is 2. The number of carbonyl (C=O) groups is 1. The number of nitrogens with zero attached hydrogens (tertiary/aromatic N) is 4. The highest BCUT2D eigenvalue weighted by molar-refractivity contribution is 7.86. The molecule has 10 nitrogen and oxygen atoms in total. The molecule has 1 aromatic heterocycles. The van der Waals surface area contributed by atoms with Gasteiger partial charge in [0.2, 0.25) is 11.9 Å². The largest absolute Gasteiger partial charge is 0.340 e. The van der Waals surface area contributed by atoms with Crippen LogP contribution in [0.15, 0.2) is 48.7 Å². The molecule has 0 spiro atoms. The number of piperidine rings is 1. The SMILES string of the molecule is Cc1cnc2nc1Nc1ccc(NC(=O)CC3CCN(S(=O)(=O)N(C)C)CC3)c(c1)CCc1cccc(c1)N2. The first kappa shape index (κ1) is 27.0. The van der Waals surface area contributed by atoms with E-state index in [1.54, 1.807) is 20.3 Å². The van der Waals surface area contributed by atoms with Crippen molar-refractivity contribution in [2.24, 2.45) is 5.92 Å². The number of hydrogen-bond donors (Lipinski definition) is 3. The highest BCUT2D eigenvalue weighted by atomic mass is 32.2. The molecule has 0 unspecified atom stereocenters. The van der Waals surface area contributed by atoms with Crippen LogP contribution in [0.5, 0.6) is 0 Å². The Kier molecular flexibility index (Phi) is 7.83. The summed E-state index contributed by atoms with van der Waals surface area (Å²) in [6, 6.07) is 14.1. The van der Waals surface area contributed by atoms with E-state index in [0.717, 1.165) is 41.0 Å². The Hall–Kier alpha value is -3.54. The van der Waals surface area contributed by atoms with Gasteiger partial charge in [-0.1, -0.05) is 12.1 Å². The Bertz CT molecular complexity index is 1470. The Labute approximate surface area is 230 Å². The lowest BCUT2D eigenvalue weighted by Gasteiger charge is -2.32. The number of aryl methyl sites for hydroxylation is 3. The van der Waals surface area contributed by atoms with E-state index in [1.807, 2.05) is 31.2 Å². The first-order valence-electron chi connectivity index (χ1n) is 13.2. The van der Waals surface area contributed by atoms with Gasteiger partial charge in [-0.15, -0.1) is 0 Å². The Morgan fingerprint density at radius 3 is 2.62 bits per heavy atom. The lowest BCUT2D eigenvalue weighted by Crippen LogP contribution is -2.44. The third-order valence-corrected chi connectivity index (χ3v) is 9.26. The first-order valence-corrected chi connectivity index (χ1v) is 14.6. The van der Waals surface area contributed by atoms with Crippen LogP contribution >= 0.6 is 0 Å². The molecule has 3 aromatic rings. The second kappa shape index (κ2) is 11.3. The molecule has 2 aromatic carbocycles. The molecule has 6 bridgehead atoms. The van der Waals surface area contributed by atoms with Crippen LogP contribution in [0.25, 0.3) is 0 Å². The Morgan fingerprint density at radius 2 is 1.85 bits per heavy atom. The first-order chi connectivity index (χ1) is 18.7. The zero-order chi connectivity index (χ0) is 27.6. The molecule has 2 aliphatic heterocycles. The number of amides is 1. The summed E-state index contributed by atoms with van der Waals surface area (Å²) in [6.45, 7) is 2.82. The summed E-state index contributed by atoms with van der Waals surface area (Å²) in [5, 5.41) is 9.83. The van der Waals surface area contributed by atoms with E-state index in [0.29, 0.717) is 44.1 Å². The van der Waals surface area contributed by atoms with Gasteiger partial charge in [0.05, 0.1) is 0 Å². The van der Waals surface area contributed by atoms with Gasteiger partial charge in [0, 0.05) is 62.4 Å². The average Bonchev–Trinajstić information content (AvgIpc) is 2.91. The van der Waals surface area contributed by atoms with Crippen LogP contribution in [0, 0.1) is 12.8 Å². The van der Waals surface area contributed by atoms with Crippen LogP contribution < -0.4 is 16.0 Å². The van der Waals surface area contributed by atoms with Gasteiger partial charge in [0.25, 0.3) is 10.2 Å². The fraction of sp³-hybridized carbons (Fsp3) is 0.393. The van der Waals surface area contributed by atoms with Gasteiger partial charge in [0.1, 0.15) is 5.82 Å². The molecule has 1 amide bonds. The molecule has 2 aliphatic rings. The summed E-state index contributed by atoms with van der Waals surface area (Å²) >= 11 is 0. The van der Waals surface area contributed by atoms with Gasteiger partial charge in [-0.3, -0.25) is 4.79 Å². The van der Waals surface area contributed by atoms with Gasteiger partial charge < -0.3 is 16.0 Å². The van der Waals surface area contributed by atoms with E-state index in [2.05, 4.69) is 44.1 Å². The van der Waals surface area contributed by atoms with Crippen molar-refractivity contribution < 1.29 is 13.2 Å². The predicted molar refractivity (Wildman–Crippen MR) is 154 cm³/mol. The molecule has 5 rings (SSSR count). The molecule has 11 heteroatoms. The molecular formula is C28H35N7O3S. The lowest BCUT2D eigenvalue weighted by molar-refractivity contribution is -0.117. The van der Waals surface area contributed by atoms with E-state index in [4.69, 9.17) is 0 Å². The maximum absolute atomic E-state index is 13.1. The fourth-order valence-electron chi connectivity index (χ4n) is 5.02. The van der Waals surface area contributed by atoms with E-state index in [-0.39, 0.29) is 11.8 Å². The number of carbonyl (C=O) groups excluding carboxylic acids is 1. The lowest BCUT2D eigenvalue weighted by atomic mass is 9.94. The zero-order valence-electron chi connectivity index (χ0n) is 22.6. The molecule has 206 valence electrons. The predicted octanol–water partition coefficient (Wildman–Crippen LogP) is 4.22. The van der Waals surface area contributed by atoms with Gasteiger partial charge in [0.15, 0.2) is 0 Å². The summed E-state index contributed by atoms with van der Waals surface area (Å²) in [5.41, 5.74) is 5.73. The van der Waals surface area contributed by atoms with Crippen LogP contribution in [0.3, 0.4) is 0 Å². The van der Waals surface area contributed by atoms with E-state index < -0.39 is 10.2 Å². The molecule has 1 fully saturated rings. The summed E-state index contributed by atoms with van der Waals surface area (Å²) in [4.78, 5) is 22.2. The monoisotopic (exact) mass is 549 g/mol. The summed E-state index contributed by atoms with van der Waals surface area (Å²) in [6.07, 6.45) is 5.04. The topological polar surface area (TPSA) is 120 Å². The van der Waals surface area contributed by atoms with E-state index >= 15 is 0 Å². The molecule has 1 saturated heterocycles. The van der Waals surface area contributed by atoms with E-state index in [1.165, 1.54) is 14.2 Å². The third kappa shape index (κ3) is 6.38. The molecule has 39 heavy (non-hydrogen) atoms. The summed E-state index contributed by atoms with van der Waals surface area (Å²) in [5.74, 6) is 1.34. The quantitative estimate of drug-likeness (QED) is 0.436. The summed E-state index contributed by atoms with van der Waals surface area (Å²) < 4.78 is 27.5. The van der Waals surface area contributed by atoms with Gasteiger partial charge >= 0.3 is 0 Å². The van der Waals surface area contributed by atoms with Gasteiger partial charge in [-0.2, -0.15) is 22.0 Å². The second-order valence-electron chi connectivity index (χ2n) is 10.4. The van der Waals surface area contributed by atoms with Crippen LogP contribution in [0.2, 0.25) is 0 Å². The van der Waals surface area contributed by atoms with Crippen molar-refractivity contribution in [3.05, 3.63) is 65.4 Å². The number of rotatable bonds is 5. The fourth-order valence-corrected chi connectivity index (χ4v) is 6.15. The molecular weight excluding hydrogens is 514 g/mol. The Morgan fingerprint density at radius 1 is 1.08 bits per heavy atom. The highest BCUT2D eigenvalue weighted by Gasteiger charge is 2.30. The Balaban J connectivity index is 1.32. The number of benzene rings is 2. The third-order valence-electron chi connectivity index (χ3n) is 7.32. The molecule has 0 aliphatic carbocycles. The normalized spacial score (nSPS) is 16.3. The second-order valence-corrected chi connectivity index (χ2v) is 12.6. The molecule has 0 radical (unpaired) electrons. The summed E-state index contributed by atoms with van der Waals surface area (Å²) in [7, 11) is -0.332. The number of anilines is 5. The zero-order valence-corrected chi connectivity index (χ0v) is 23.4. The van der Waals surface area contributed by atoms with Crippen molar-refractivity contribution >= 4 is 44.9 Å². The van der Waals surface area contributed by atoms with Crippen molar-refractivity contribution in [2.75, 3.05) is 43.1 Å². The molecule has 0 atom stereocenters. The highest BCUT2D eigenvalue weighted by Crippen LogP contribution is 2.29. The van der Waals surface area contributed by atoms with Crippen LogP contribution in [0.4, 0.5) is 28.8 Å². The standard InChI is InChI=1S/C28H35N7O3S/c1-19-18-29-28-31-23-6-4-5-20(15-23)7-8-22-17-24(30-27(19)33-28)9-10-25(22)32-26(36)16-21-11-13-35(14-12-21)39(37,38)34(2)3/h4-6,9-10,15,17-18,21H,7-8,11-14,16H2,1-3H3,(H,32,36)(H2,29,30,31,33). The van der Waals surface area contributed by atoms with Crippen molar-refractivity contribution in [3.8, 4) is 0 Å². The minimum Gasteiger partial charge on any atom is -0.340 e. The van der Waals surface area contributed by atoms with Crippen LogP contribution in [0.1, 0.15) is 36.0 Å². The average molecular weight is 550 g/mol. The van der Waals surface area contributed by atoms with Gasteiger partial charge in [-0.05, 0) is 80.0 Å². The van der Waals surface area contributed by atoms with Crippen LogP contribution in [-0.2, 0) is 27.8 Å². The minimum atomic E-state index is -3.42. The molecule has 3 N–H and O–H groups in total. The van der Waals surface area contributed by atoms with Crippen molar-refractivity contribution in [2.45, 2.75) is 39.0 Å². The number of hydrogen-bond acceptors (Lipinski definition) is 7. The van der Waals surface area contributed by atoms with Crippen molar-refractivity contribution in [3.63, 3.8) is 0 Å². The maximum atomic E-state index is 13.1. The van der Waals surface area contributed by atoms with Crippen molar-refractivity contribution in [1.29, 1.82) is 0 Å². The molecule has 0 saturated carbocycles. The number of nitrogens with one attached hydrogen (secondary N) is 3. The maximum Gasteiger partial charge on any atom is 0.281 e. The number of fused-ring (bicyclic) bond motifs is 6. The van der Waals surface area contributed by atoms with Crippen molar-refractivity contribution in [1.82, 2.24) is 18.6 Å². The smallest absolute Gasteiger partial charge is 0.281 e. The van der Waals surface area contributed by atoms with Gasteiger partial charge in [-0.25, -0.2) is 4.98 Å². The van der Waals surface area contributed by atoms with E-state index in [9.17, 15) is 13.2 Å². The minimum absolute atomic E-state index is 0.0497. The van der Waals surface area contributed by atoms with Crippen LogP contribution in [-0.4, -0.2) is 60.1 Å². The molecule has 3 heterocycles.